The summed E-state index contributed by atoms with van der Waals surface area (Å²) in [5.74, 6) is -0.112. The predicted octanol–water partition coefficient (Wildman–Crippen LogP) is 2.39. The van der Waals surface area contributed by atoms with Gasteiger partial charge < -0.3 is 19.2 Å². The lowest BCUT2D eigenvalue weighted by Crippen LogP contribution is -2.44. The predicted molar refractivity (Wildman–Crippen MR) is 90.3 cm³/mol. The molecule has 128 valence electrons. The van der Waals surface area contributed by atoms with Crippen molar-refractivity contribution in [1.82, 2.24) is 14.5 Å². The summed E-state index contributed by atoms with van der Waals surface area (Å²) in [4.78, 5) is 29.9. The molecule has 1 N–H and O–H groups in total. The number of aryl methyl sites for hydroxylation is 2. The van der Waals surface area contributed by atoms with Gasteiger partial charge in [-0.15, -0.1) is 0 Å². The van der Waals surface area contributed by atoms with Crippen molar-refractivity contribution in [3.8, 4) is 0 Å². The molecule has 24 heavy (non-hydrogen) atoms. The van der Waals surface area contributed by atoms with Gasteiger partial charge in [-0.3, -0.25) is 9.59 Å². The normalized spacial score (nSPS) is 18.0. The number of nitrogens with zero attached hydrogens (tertiary/aromatic N) is 2. The van der Waals surface area contributed by atoms with Gasteiger partial charge in [-0.25, -0.2) is 0 Å². The van der Waals surface area contributed by atoms with Crippen LogP contribution in [0.4, 0.5) is 0 Å². The number of aromatic nitrogens is 2. The van der Waals surface area contributed by atoms with E-state index in [4.69, 9.17) is 4.74 Å². The Morgan fingerprint density at radius 2 is 2.08 bits per heavy atom. The van der Waals surface area contributed by atoms with Crippen LogP contribution in [0, 0.1) is 13.8 Å². The van der Waals surface area contributed by atoms with Gasteiger partial charge in [0.2, 0.25) is 0 Å². The maximum Gasteiger partial charge on any atom is 0.271 e. The van der Waals surface area contributed by atoms with E-state index in [1.165, 1.54) is 6.92 Å². The Morgan fingerprint density at radius 3 is 2.67 bits per heavy atom. The fourth-order valence-electron chi connectivity index (χ4n) is 3.55. The molecule has 2 aromatic heterocycles. The minimum atomic E-state index is -0.130. The van der Waals surface area contributed by atoms with Gasteiger partial charge in [-0.1, -0.05) is 0 Å². The molecule has 6 nitrogen and oxygen atoms in total. The van der Waals surface area contributed by atoms with Crippen molar-refractivity contribution >= 4 is 11.7 Å². The van der Waals surface area contributed by atoms with Crippen LogP contribution in [0.3, 0.4) is 0 Å². The number of aromatic amines is 1. The Labute approximate surface area is 141 Å². The van der Waals surface area contributed by atoms with Crippen LogP contribution in [-0.2, 0) is 11.8 Å². The van der Waals surface area contributed by atoms with Crippen molar-refractivity contribution in [3.05, 3.63) is 46.5 Å². The SMILES string of the molecule is CC(=O)c1c(C)[nH]c(C(=O)N2CCOC[C@@H]2c2cccn2C)c1C. The molecule has 6 heteroatoms. The molecule has 3 heterocycles. The number of hydrogen-bond acceptors (Lipinski definition) is 3. The van der Waals surface area contributed by atoms with E-state index in [0.29, 0.717) is 31.0 Å². The topological polar surface area (TPSA) is 67.3 Å². The first-order valence-electron chi connectivity index (χ1n) is 8.11. The van der Waals surface area contributed by atoms with Crippen LogP contribution in [0.2, 0.25) is 0 Å². The first-order chi connectivity index (χ1) is 11.4. The van der Waals surface area contributed by atoms with E-state index in [1.807, 2.05) is 48.7 Å². The number of ketones is 1. The largest absolute Gasteiger partial charge is 0.377 e. The second kappa shape index (κ2) is 6.28. The standard InChI is InChI=1S/C18H23N3O3/c1-11-16(13(3)22)12(2)19-17(11)18(23)21-8-9-24-10-15(21)14-6-5-7-20(14)4/h5-7,15,19H,8-10H2,1-4H3/t15-/m1/s1. The smallest absolute Gasteiger partial charge is 0.271 e. The zero-order valence-corrected chi connectivity index (χ0v) is 14.5. The third-order valence-corrected chi connectivity index (χ3v) is 4.72. The minimum absolute atomic E-state index is 0.0266. The molecular formula is C18H23N3O3. The molecule has 0 spiro atoms. The number of carbonyl (C=O) groups is 2. The summed E-state index contributed by atoms with van der Waals surface area (Å²) >= 11 is 0. The minimum Gasteiger partial charge on any atom is -0.377 e. The summed E-state index contributed by atoms with van der Waals surface area (Å²) in [5.41, 5.74) is 3.62. The molecule has 3 rings (SSSR count). The van der Waals surface area contributed by atoms with Crippen LogP contribution in [0.25, 0.3) is 0 Å². The summed E-state index contributed by atoms with van der Waals surface area (Å²) in [6.45, 7) is 6.70. The van der Waals surface area contributed by atoms with Crippen LogP contribution < -0.4 is 0 Å². The molecule has 1 fully saturated rings. The molecule has 1 aliphatic rings. The number of hydrogen-bond donors (Lipinski definition) is 1. The number of H-pyrrole nitrogens is 1. The number of rotatable bonds is 3. The molecule has 0 bridgehead atoms. The van der Waals surface area contributed by atoms with Crippen molar-refractivity contribution in [3.63, 3.8) is 0 Å². The maximum atomic E-state index is 13.1. The molecular weight excluding hydrogens is 306 g/mol. The number of nitrogens with one attached hydrogen (secondary N) is 1. The van der Waals surface area contributed by atoms with E-state index >= 15 is 0 Å². The van der Waals surface area contributed by atoms with Crippen molar-refractivity contribution in [2.45, 2.75) is 26.8 Å². The van der Waals surface area contributed by atoms with Gasteiger partial charge in [-0.2, -0.15) is 0 Å². The molecule has 1 aliphatic heterocycles. The van der Waals surface area contributed by atoms with Gasteiger partial charge in [0.1, 0.15) is 5.69 Å². The molecule has 0 unspecified atom stereocenters. The van der Waals surface area contributed by atoms with E-state index < -0.39 is 0 Å². The van der Waals surface area contributed by atoms with E-state index in [-0.39, 0.29) is 17.7 Å². The van der Waals surface area contributed by atoms with Gasteiger partial charge in [0, 0.05) is 36.7 Å². The lowest BCUT2D eigenvalue weighted by Gasteiger charge is -2.35. The summed E-state index contributed by atoms with van der Waals surface area (Å²) in [7, 11) is 1.96. The molecule has 0 aliphatic carbocycles. The maximum absolute atomic E-state index is 13.1. The van der Waals surface area contributed by atoms with E-state index in [0.717, 1.165) is 17.0 Å². The first kappa shape index (κ1) is 16.5. The molecule has 2 aromatic rings. The lowest BCUT2D eigenvalue weighted by atomic mass is 10.1. The first-order valence-corrected chi connectivity index (χ1v) is 8.11. The van der Waals surface area contributed by atoms with Crippen LogP contribution in [0.15, 0.2) is 18.3 Å². The average Bonchev–Trinajstić information content (AvgIpc) is 3.09. The Morgan fingerprint density at radius 1 is 1.33 bits per heavy atom. The Bertz CT molecular complexity index is 788. The Hall–Kier alpha value is -2.34. The van der Waals surface area contributed by atoms with Crippen molar-refractivity contribution < 1.29 is 14.3 Å². The van der Waals surface area contributed by atoms with Crippen LogP contribution in [0.5, 0.6) is 0 Å². The Balaban J connectivity index is 1.97. The summed E-state index contributed by atoms with van der Waals surface area (Å²) < 4.78 is 7.61. The lowest BCUT2D eigenvalue weighted by molar-refractivity contribution is -0.00495. The number of ether oxygens (including phenoxy) is 1. The molecule has 0 radical (unpaired) electrons. The Kier molecular flexibility index (Phi) is 4.32. The molecule has 0 aromatic carbocycles. The average molecular weight is 329 g/mol. The quantitative estimate of drug-likeness (QED) is 0.879. The third kappa shape index (κ3) is 2.67. The van der Waals surface area contributed by atoms with Crippen LogP contribution in [-0.4, -0.2) is 45.9 Å². The van der Waals surface area contributed by atoms with E-state index in [9.17, 15) is 9.59 Å². The molecule has 1 saturated heterocycles. The van der Waals surface area contributed by atoms with E-state index in [2.05, 4.69) is 4.98 Å². The van der Waals surface area contributed by atoms with Crippen molar-refractivity contribution in [2.24, 2.45) is 7.05 Å². The number of Topliss-reactive ketones (excluding diaryl/α,β-unsaturated/α-hetero) is 1. The van der Waals surface area contributed by atoms with Crippen LogP contribution in [0.1, 0.15) is 50.8 Å². The summed E-state index contributed by atoms with van der Waals surface area (Å²) in [6, 6.07) is 3.84. The monoisotopic (exact) mass is 329 g/mol. The van der Waals surface area contributed by atoms with Gasteiger partial charge >= 0.3 is 0 Å². The highest BCUT2D eigenvalue weighted by molar-refractivity contribution is 6.02. The van der Waals surface area contributed by atoms with Gasteiger partial charge in [0.05, 0.1) is 19.3 Å². The van der Waals surface area contributed by atoms with Gasteiger partial charge in [0.25, 0.3) is 5.91 Å². The fraction of sp³-hybridized carbons (Fsp3) is 0.444. The fourth-order valence-corrected chi connectivity index (χ4v) is 3.55. The van der Waals surface area contributed by atoms with Crippen molar-refractivity contribution in [1.29, 1.82) is 0 Å². The second-order valence-electron chi connectivity index (χ2n) is 6.31. The second-order valence-corrected chi connectivity index (χ2v) is 6.31. The zero-order chi connectivity index (χ0) is 17.4. The van der Waals surface area contributed by atoms with Gasteiger partial charge in [-0.05, 0) is 38.5 Å². The van der Waals surface area contributed by atoms with E-state index in [1.54, 1.807) is 0 Å². The highest BCUT2D eigenvalue weighted by Crippen LogP contribution is 2.28. The molecule has 0 saturated carbocycles. The summed E-state index contributed by atoms with van der Waals surface area (Å²) in [6.07, 6.45) is 1.96. The number of carbonyl (C=O) groups excluding carboxylic acids is 2. The third-order valence-electron chi connectivity index (χ3n) is 4.72. The highest BCUT2D eigenvalue weighted by Gasteiger charge is 2.33. The van der Waals surface area contributed by atoms with Crippen LogP contribution >= 0.6 is 0 Å². The molecule has 1 atom stereocenters. The zero-order valence-electron chi connectivity index (χ0n) is 14.5. The number of morpholine rings is 1. The van der Waals surface area contributed by atoms with Crippen molar-refractivity contribution in [2.75, 3.05) is 19.8 Å². The number of amides is 1. The van der Waals surface area contributed by atoms with Gasteiger partial charge in [0.15, 0.2) is 5.78 Å². The highest BCUT2D eigenvalue weighted by atomic mass is 16.5. The molecule has 1 amide bonds. The summed E-state index contributed by atoms with van der Waals surface area (Å²) in [5, 5.41) is 0.